The largest absolute Gasteiger partial charge is 0.385 e. The highest BCUT2D eigenvalue weighted by Crippen LogP contribution is 2.39. The van der Waals surface area contributed by atoms with Crippen molar-refractivity contribution in [3.63, 3.8) is 0 Å². The number of aliphatic hydroxyl groups is 1. The second-order valence-electron chi connectivity index (χ2n) is 6.56. The third kappa shape index (κ3) is 3.85. The first kappa shape index (κ1) is 15.6. The summed E-state index contributed by atoms with van der Waals surface area (Å²) in [5.41, 5.74) is 1.94. The van der Waals surface area contributed by atoms with E-state index in [1.54, 1.807) is 0 Å². The SMILES string of the molecule is CCCc1ccc(C2(O)CCCC(CCC)CC2)cc1. The molecule has 0 saturated heterocycles. The smallest absolute Gasteiger partial charge is 0.0896 e. The van der Waals surface area contributed by atoms with E-state index in [9.17, 15) is 5.11 Å². The van der Waals surface area contributed by atoms with E-state index in [2.05, 4.69) is 38.1 Å². The van der Waals surface area contributed by atoms with Crippen molar-refractivity contribution in [3.8, 4) is 0 Å². The van der Waals surface area contributed by atoms with Crippen LogP contribution in [0.2, 0.25) is 0 Å². The third-order valence-electron chi connectivity index (χ3n) is 4.90. The highest BCUT2D eigenvalue weighted by molar-refractivity contribution is 5.27. The van der Waals surface area contributed by atoms with Crippen LogP contribution in [-0.2, 0) is 12.0 Å². The molecule has 1 aromatic carbocycles. The molecule has 1 nitrogen and oxygen atoms in total. The minimum atomic E-state index is -0.576. The van der Waals surface area contributed by atoms with Crippen molar-refractivity contribution in [2.24, 2.45) is 5.92 Å². The number of hydrogen-bond donors (Lipinski definition) is 1. The highest BCUT2D eigenvalue weighted by Gasteiger charge is 2.32. The van der Waals surface area contributed by atoms with E-state index in [0.29, 0.717) is 0 Å². The number of aryl methyl sites for hydroxylation is 1. The maximum atomic E-state index is 11.0. The standard InChI is InChI=1S/C19H30O/c1-3-6-16-8-5-14-19(20,15-13-16)18-11-9-17(7-4-2)10-12-18/h9-12,16,20H,3-8,13-15H2,1-2H3. The van der Waals surface area contributed by atoms with Gasteiger partial charge in [0.25, 0.3) is 0 Å². The van der Waals surface area contributed by atoms with Gasteiger partial charge in [0.15, 0.2) is 0 Å². The molecule has 1 saturated carbocycles. The van der Waals surface area contributed by atoms with Crippen LogP contribution in [0.1, 0.15) is 76.3 Å². The van der Waals surface area contributed by atoms with Gasteiger partial charge in [-0.25, -0.2) is 0 Å². The first-order chi connectivity index (χ1) is 9.68. The van der Waals surface area contributed by atoms with Gasteiger partial charge in [-0.15, -0.1) is 0 Å². The van der Waals surface area contributed by atoms with Gasteiger partial charge in [-0.1, -0.05) is 63.8 Å². The molecule has 1 N–H and O–H groups in total. The maximum Gasteiger partial charge on any atom is 0.0896 e. The summed E-state index contributed by atoms with van der Waals surface area (Å²) in [6, 6.07) is 8.72. The van der Waals surface area contributed by atoms with Crippen LogP contribution in [0.5, 0.6) is 0 Å². The molecule has 20 heavy (non-hydrogen) atoms. The second kappa shape index (κ2) is 7.26. The Bertz CT molecular complexity index is 395. The normalized spacial score (nSPS) is 27.2. The predicted molar refractivity (Wildman–Crippen MR) is 85.8 cm³/mol. The van der Waals surface area contributed by atoms with Gasteiger partial charge in [0.2, 0.25) is 0 Å². The summed E-state index contributed by atoms with van der Waals surface area (Å²) >= 11 is 0. The Labute approximate surface area is 124 Å². The number of rotatable bonds is 5. The zero-order valence-corrected chi connectivity index (χ0v) is 13.2. The molecule has 0 aliphatic heterocycles. The summed E-state index contributed by atoms with van der Waals surface area (Å²) in [7, 11) is 0. The van der Waals surface area contributed by atoms with Gasteiger partial charge in [-0.2, -0.15) is 0 Å². The summed E-state index contributed by atoms with van der Waals surface area (Å²) in [5.74, 6) is 0.827. The fraction of sp³-hybridized carbons (Fsp3) is 0.684. The summed E-state index contributed by atoms with van der Waals surface area (Å²) in [6.45, 7) is 4.48. The molecular weight excluding hydrogens is 244 g/mol. The molecule has 1 aliphatic carbocycles. The predicted octanol–water partition coefficient (Wildman–Crippen LogP) is 5.21. The van der Waals surface area contributed by atoms with Gasteiger partial charge < -0.3 is 5.11 Å². The zero-order chi connectivity index (χ0) is 14.4. The third-order valence-corrected chi connectivity index (χ3v) is 4.90. The Morgan fingerprint density at radius 3 is 2.45 bits per heavy atom. The Kier molecular flexibility index (Phi) is 5.65. The topological polar surface area (TPSA) is 20.2 Å². The summed E-state index contributed by atoms with van der Waals surface area (Å²) < 4.78 is 0. The van der Waals surface area contributed by atoms with Gasteiger partial charge in [0.1, 0.15) is 0 Å². The van der Waals surface area contributed by atoms with Gasteiger partial charge in [0, 0.05) is 0 Å². The molecular formula is C19H30O. The van der Waals surface area contributed by atoms with Crippen molar-refractivity contribution in [3.05, 3.63) is 35.4 Å². The van der Waals surface area contributed by atoms with Crippen molar-refractivity contribution < 1.29 is 5.11 Å². The van der Waals surface area contributed by atoms with Crippen LogP contribution in [0.3, 0.4) is 0 Å². The molecule has 0 spiro atoms. The van der Waals surface area contributed by atoms with Gasteiger partial charge in [0.05, 0.1) is 5.60 Å². The summed E-state index contributed by atoms with van der Waals surface area (Å²) in [4.78, 5) is 0. The molecule has 2 atom stereocenters. The Morgan fingerprint density at radius 1 is 1.05 bits per heavy atom. The van der Waals surface area contributed by atoms with Crippen LogP contribution in [0.25, 0.3) is 0 Å². The maximum absolute atomic E-state index is 11.0. The van der Waals surface area contributed by atoms with Crippen molar-refractivity contribution in [1.29, 1.82) is 0 Å². The minimum absolute atomic E-state index is 0.576. The Morgan fingerprint density at radius 2 is 1.80 bits per heavy atom. The van der Waals surface area contributed by atoms with Crippen LogP contribution in [0, 0.1) is 5.92 Å². The van der Waals surface area contributed by atoms with E-state index in [-0.39, 0.29) is 0 Å². The lowest BCUT2D eigenvalue weighted by Gasteiger charge is -2.27. The molecule has 0 amide bonds. The fourth-order valence-electron chi connectivity index (χ4n) is 3.65. The molecule has 0 aromatic heterocycles. The monoisotopic (exact) mass is 274 g/mol. The van der Waals surface area contributed by atoms with E-state index in [4.69, 9.17) is 0 Å². The van der Waals surface area contributed by atoms with Crippen LogP contribution in [0.15, 0.2) is 24.3 Å². The zero-order valence-electron chi connectivity index (χ0n) is 13.2. The first-order valence-electron chi connectivity index (χ1n) is 8.49. The van der Waals surface area contributed by atoms with E-state index in [1.807, 2.05) is 0 Å². The van der Waals surface area contributed by atoms with E-state index < -0.39 is 5.60 Å². The molecule has 112 valence electrons. The fourth-order valence-corrected chi connectivity index (χ4v) is 3.65. The molecule has 2 rings (SSSR count). The van der Waals surface area contributed by atoms with E-state index in [1.165, 1.54) is 37.7 Å². The minimum Gasteiger partial charge on any atom is -0.385 e. The molecule has 1 aromatic rings. The van der Waals surface area contributed by atoms with Gasteiger partial charge >= 0.3 is 0 Å². The van der Waals surface area contributed by atoms with Crippen molar-refractivity contribution in [2.45, 2.75) is 77.2 Å². The molecule has 1 aliphatic rings. The Balaban J connectivity index is 2.05. The average molecular weight is 274 g/mol. The molecule has 0 heterocycles. The average Bonchev–Trinajstić information content (AvgIpc) is 2.64. The second-order valence-corrected chi connectivity index (χ2v) is 6.56. The molecule has 1 heteroatoms. The van der Waals surface area contributed by atoms with Crippen LogP contribution in [-0.4, -0.2) is 5.11 Å². The lowest BCUT2D eigenvalue weighted by atomic mass is 9.85. The highest BCUT2D eigenvalue weighted by atomic mass is 16.3. The van der Waals surface area contributed by atoms with Crippen LogP contribution >= 0.6 is 0 Å². The molecule has 0 bridgehead atoms. The quantitative estimate of drug-likeness (QED) is 0.731. The summed E-state index contributed by atoms with van der Waals surface area (Å²) in [5, 5.41) is 11.0. The molecule has 2 unspecified atom stereocenters. The van der Waals surface area contributed by atoms with Gasteiger partial charge in [-0.05, 0) is 49.1 Å². The van der Waals surface area contributed by atoms with Gasteiger partial charge in [-0.3, -0.25) is 0 Å². The van der Waals surface area contributed by atoms with E-state index in [0.717, 1.165) is 37.2 Å². The first-order valence-corrected chi connectivity index (χ1v) is 8.49. The van der Waals surface area contributed by atoms with E-state index >= 15 is 0 Å². The summed E-state index contributed by atoms with van der Waals surface area (Å²) in [6.07, 6.45) is 10.4. The lowest BCUT2D eigenvalue weighted by molar-refractivity contribution is 0.0195. The molecule has 0 radical (unpaired) electrons. The van der Waals surface area contributed by atoms with Crippen LogP contribution in [0.4, 0.5) is 0 Å². The van der Waals surface area contributed by atoms with Crippen molar-refractivity contribution >= 4 is 0 Å². The Hall–Kier alpha value is -0.820. The number of benzene rings is 1. The lowest BCUT2D eigenvalue weighted by Crippen LogP contribution is -2.24. The molecule has 1 fully saturated rings. The van der Waals surface area contributed by atoms with Crippen molar-refractivity contribution in [2.75, 3.05) is 0 Å². The number of hydrogen-bond acceptors (Lipinski definition) is 1. The van der Waals surface area contributed by atoms with Crippen molar-refractivity contribution in [1.82, 2.24) is 0 Å². The van der Waals surface area contributed by atoms with Crippen LogP contribution < -0.4 is 0 Å².